The summed E-state index contributed by atoms with van der Waals surface area (Å²) in [5, 5.41) is 5.01. The van der Waals surface area contributed by atoms with Crippen LogP contribution in [0.1, 0.15) is 18.4 Å². The predicted molar refractivity (Wildman–Crippen MR) is 75.8 cm³/mol. The second-order valence-electron chi connectivity index (χ2n) is 5.08. The van der Waals surface area contributed by atoms with Gasteiger partial charge in [-0.1, -0.05) is 0 Å². The summed E-state index contributed by atoms with van der Waals surface area (Å²) in [5.41, 5.74) is 1.01. The maximum atomic E-state index is 11.7. The molecule has 0 radical (unpaired) electrons. The third-order valence-corrected chi connectivity index (χ3v) is 3.67. The summed E-state index contributed by atoms with van der Waals surface area (Å²) in [5.74, 6) is 0.855. The minimum absolute atomic E-state index is 0.0472. The van der Waals surface area contributed by atoms with E-state index in [-0.39, 0.29) is 11.7 Å². The molecule has 1 aliphatic rings. The van der Waals surface area contributed by atoms with E-state index in [1.54, 1.807) is 6.20 Å². The average molecular weight is 258 g/mol. The number of aromatic nitrogens is 1. The number of piperidine rings is 1. The Bertz CT molecular complexity index is 642. The van der Waals surface area contributed by atoms with E-state index in [0.717, 1.165) is 48.0 Å². The fourth-order valence-corrected chi connectivity index (χ4v) is 2.56. The third-order valence-electron chi connectivity index (χ3n) is 3.67. The first-order valence-electron chi connectivity index (χ1n) is 6.73. The van der Waals surface area contributed by atoms with E-state index < -0.39 is 0 Å². The lowest BCUT2D eigenvalue weighted by molar-refractivity contribution is 0.162. The molecular formula is C15H18N2O2. The van der Waals surface area contributed by atoms with Crippen molar-refractivity contribution in [2.45, 2.75) is 25.9 Å². The molecular weight excluding hydrogens is 240 g/mol. The first-order valence-corrected chi connectivity index (χ1v) is 6.73. The largest absolute Gasteiger partial charge is 0.490 e. The second kappa shape index (κ2) is 5.05. The number of hydrogen-bond donors (Lipinski definition) is 2. The van der Waals surface area contributed by atoms with Crippen molar-refractivity contribution in [3.8, 4) is 5.75 Å². The van der Waals surface area contributed by atoms with Gasteiger partial charge >= 0.3 is 0 Å². The summed E-state index contributed by atoms with van der Waals surface area (Å²) in [6.07, 6.45) is 4.10. The second-order valence-corrected chi connectivity index (χ2v) is 5.08. The lowest BCUT2D eigenvalue weighted by atomic mass is 10.1. The smallest absolute Gasteiger partial charge is 0.255 e. The summed E-state index contributed by atoms with van der Waals surface area (Å²) in [6.45, 7) is 4.01. The summed E-state index contributed by atoms with van der Waals surface area (Å²) in [4.78, 5) is 14.5. The molecule has 4 nitrogen and oxygen atoms in total. The van der Waals surface area contributed by atoms with Gasteiger partial charge in [-0.2, -0.15) is 0 Å². The molecule has 4 heteroatoms. The summed E-state index contributed by atoms with van der Waals surface area (Å²) in [6, 6.07) is 5.71. The van der Waals surface area contributed by atoms with E-state index in [0.29, 0.717) is 0 Å². The van der Waals surface area contributed by atoms with Crippen LogP contribution in [-0.4, -0.2) is 24.2 Å². The molecule has 0 aliphatic carbocycles. The van der Waals surface area contributed by atoms with E-state index in [9.17, 15) is 4.79 Å². The van der Waals surface area contributed by atoms with Crippen molar-refractivity contribution in [1.82, 2.24) is 10.3 Å². The van der Waals surface area contributed by atoms with Crippen molar-refractivity contribution < 1.29 is 4.74 Å². The Hall–Kier alpha value is -1.81. The van der Waals surface area contributed by atoms with Crippen LogP contribution in [-0.2, 0) is 0 Å². The van der Waals surface area contributed by atoms with Crippen LogP contribution < -0.4 is 15.6 Å². The topological polar surface area (TPSA) is 54.1 Å². The molecule has 3 rings (SSSR count). The summed E-state index contributed by atoms with van der Waals surface area (Å²) in [7, 11) is 0. The maximum absolute atomic E-state index is 11.7. The van der Waals surface area contributed by atoms with Crippen LogP contribution >= 0.6 is 0 Å². The fraction of sp³-hybridized carbons (Fsp3) is 0.400. The highest BCUT2D eigenvalue weighted by atomic mass is 16.5. The van der Waals surface area contributed by atoms with Gasteiger partial charge in [0.1, 0.15) is 11.9 Å². The molecule has 1 fully saturated rings. The summed E-state index contributed by atoms with van der Waals surface area (Å²) < 4.78 is 6.01. The van der Waals surface area contributed by atoms with Gasteiger partial charge in [-0.15, -0.1) is 0 Å². The van der Waals surface area contributed by atoms with E-state index in [2.05, 4.69) is 10.3 Å². The van der Waals surface area contributed by atoms with Crippen molar-refractivity contribution >= 4 is 10.8 Å². The van der Waals surface area contributed by atoms with Gasteiger partial charge in [0.05, 0.1) is 0 Å². The molecule has 0 atom stereocenters. The number of rotatable bonds is 2. The zero-order valence-corrected chi connectivity index (χ0v) is 11.0. The van der Waals surface area contributed by atoms with Gasteiger partial charge in [-0.25, -0.2) is 0 Å². The number of fused-ring (bicyclic) bond motifs is 1. The molecule has 1 saturated heterocycles. The Morgan fingerprint density at radius 1 is 1.21 bits per heavy atom. The number of aryl methyl sites for hydroxylation is 1. The van der Waals surface area contributed by atoms with Crippen molar-refractivity contribution in [2.75, 3.05) is 13.1 Å². The molecule has 1 aromatic carbocycles. The number of ether oxygens (including phenoxy) is 1. The van der Waals surface area contributed by atoms with Gasteiger partial charge in [0.2, 0.25) is 0 Å². The van der Waals surface area contributed by atoms with Crippen LogP contribution in [0.3, 0.4) is 0 Å². The molecule has 0 amide bonds. The molecule has 1 aromatic heterocycles. The highest BCUT2D eigenvalue weighted by Gasteiger charge is 2.14. The van der Waals surface area contributed by atoms with Gasteiger partial charge in [0, 0.05) is 11.6 Å². The van der Waals surface area contributed by atoms with Crippen LogP contribution in [0.15, 0.2) is 29.2 Å². The van der Waals surface area contributed by atoms with E-state index in [1.807, 2.05) is 25.1 Å². The van der Waals surface area contributed by atoms with Gasteiger partial charge < -0.3 is 15.0 Å². The van der Waals surface area contributed by atoms with Gasteiger partial charge in [-0.05, 0) is 62.0 Å². The first-order chi connectivity index (χ1) is 9.24. The number of aromatic amines is 1. The fourth-order valence-electron chi connectivity index (χ4n) is 2.56. The SMILES string of the molecule is Cc1c[nH]c(=O)c2ccc(OC3CCNCC3)cc12. The zero-order valence-electron chi connectivity index (χ0n) is 11.0. The number of hydrogen-bond acceptors (Lipinski definition) is 3. The molecule has 0 spiro atoms. The van der Waals surface area contributed by atoms with Gasteiger partial charge in [0.25, 0.3) is 5.56 Å². The summed E-state index contributed by atoms with van der Waals surface area (Å²) >= 11 is 0. The Morgan fingerprint density at radius 2 is 2.00 bits per heavy atom. The monoisotopic (exact) mass is 258 g/mol. The van der Waals surface area contributed by atoms with Gasteiger partial charge in [-0.3, -0.25) is 4.79 Å². The van der Waals surface area contributed by atoms with Gasteiger partial charge in [0.15, 0.2) is 0 Å². The molecule has 2 aromatic rings. The third kappa shape index (κ3) is 2.49. The highest BCUT2D eigenvalue weighted by Crippen LogP contribution is 2.23. The Labute approximate surface area is 111 Å². The maximum Gasteiger partial charge on any atom is 0.255 e. The number of H-pyrrole nitrogens is 1. The minimum atomic E-state index is -0.0472. The molecule has 100 valence electrons. The number of pyridine rings is 1. The van der Waals surface area contributed by atoms with Crippen molar-refractivity contribution in [1.29, 1.82) is 0 Å². The molecule has 0 bridgehead atoms. The average Bonchev–Trinajstić information content (AvgIpc) is 2.44. The lowest BCUT2D eigenvalue weighted by Crippen LogP contribution is -2.34. The van der Waals surface area contributed by atoms with Crippen LogP contribution in [0.5, 0.6) is 5.75 Å². The van der Waals surface area contributed by atoms with Crippen LogP contribution in [0, 0.1) is 6.92 Å². The lowest BCUT2D eigenvalue weighted by Gasteiger charge is -2.24. The van der Waals surface area contributed by atoms with Crippen LogP contribution in [0.4, 0.5) is 0 Å². The molecule has 2 heterocycles. The predicted octanol–water partition coefficient (Wildman–Crippen LogP) is 1.97. The van der Waals surface area contributed by atoms with Crippen molar-refractivity contribution in [3.05, 3.63) is 40.3 Å². The Morgan fingerprint density at radius 3 is 2.79 bits per heavy atom. The van der Waals surface area contributed by atoms with E-state index in [1.165, 1.54) is 0 Å². The molecule has 2 N–H and O–H groups in total. The quantitative estimate of drug-likeness (QED) is 0.866. The van der Waals surface area contributed by atoms with Crippen LogP contribution in [0.2, 0.25) is 0 Å². The normalized spacial score (nSPS) is 16.7. The molecule has 19 heavy (non-hydrogen) atoms. The number of benzene rings is 1. The standard InChI is InChI=1S/C15H18N2O2/c1-10-9-17-15(18)13-3-2-12(8-14(10)13)19-11-4-6-16-7-5-11/h2-3,8-9,11,16H,4-7H2,1H3,(H,17,18). The Balaban J connectivity index is 1.92. The molecule has 0 unspecified atom stereocenters. The highest BCUT2D eigenvalue weighted by molar-refractivity contribution is 5.85. The van der Waals surface area contributed by atoms with Crippen molar-refractivity contribution in [2.24, 2.45) is 0 Å². The minimum Gasteiger partial charge on any atom is -0.490 e. The van der Waals surface area contributed by atoms with Crippen molar-refractivity contribution in [3.63, 3.8) is 0 Å². The van der Waals surface area contributed by atoms with E-state index >= 15 is 0 Å². The van der Waals surface area contributed by atoms with Crippen LogP contribution in [0.25, 0.3) is 10.8 Å². The zero-order chi connectivity index (χ0) is 13.2. The van der Waals surface area contributed by atoms with E-state index in [4.69, 9.17) is 4.74 Å². The Kier molecular flexibility index (Phi) is 3.25. The molecule has 1 aliphatic heterocycles. The number of nitrogens with one attached hydrogen (secondary N) is 2. The first kappa shape index (κ1) is 12.2. The molecule has 0 saturated carbocycles.